The van der Waals surface area contributed by atoms with E-state index >= 15 is 0 Å². The quantitative estimate of drug-likeness (QED) is 0.569. The summed E-state index contributed by atoms with van der Waals surface area (Å²) in [5.74, 6) is 1.01. The normalized spacial score (nSPS) is 34.0. The van der Waals surface area contributed by atoms with Crippen molar-refractivity contribution in [2.45, 2.75) is 12.2 Å². The fraction of sp³-hybridized carbons (Fsp3) is 0.571. The Morgan fingerprint density at radius 3 is 2.90 bits per heavy atom. The summed E-state index contributed by atoms with van der Waals surface area (Å²) in [4.78, 5) is 4.14. The predicted molar refractivity (Wildman–Crippen MR) is 47.5 cm³/mol. The van der Waals surface area contributed by atoms with Crippen molar-refractivity contribution >= 4 is 17.5 Å². The molecule has 10 heavy (non-hydrogen) atoms. The fourth-order valence-electron chi connectivity index (χ4n) is 1.04. The Hall–Kier alpha value is -0.440. The van der Waals surface area contributed by atoms with E-state index in [1.165, 1.54) is 5.57 Å². The first kappa shape index (κ1) is 7.66. The van der Waals surface area contributed by atoms with Gasteiger partial charge in [0, 0.05) is 29.8 Å². The van der Waals surface area contributed by atoms with E-state index in [4.69, 9.17) is 5.73 Å². The Labute approximate surface area is 65.6 Å². The topological polar surface area (TPSA) is 38.4 Å². The molecule has 1 rings (SSSR count). The van der Waals surface area contributed by atoms with Crippen LogP contribution in [0.5, 0.6) is 0 Å². The van der Waals surface area contributed by atoms with E-state index in [9.17, 15) is 0 Å². The third-order valence-corrected chi connectivity index (χ3v) is 2.88. The van der Waals surface area contributed by atoms with Crippen LogP contribution in [0.3, 0.4) is 0 Å². The van der Waals surface area contributed by atoms with E-state index in [0.717, 1.165) is 11.5 Å². The van der Waals surface area contributed by atoms with E-state index < -0.39 is 0 Å². The van der Waals surface area contributed by atoms with Crippen molar-refractivity contribution in [1.29, 1.82) is 0 Å². The van der Waals surface area contributed by atoms with Gasteiger partial charge in [-0.3, -0.25) is 4.99 Å². The summed E-state index contributed by atoms with van der Waals surface area (Å²) in [5, 5.41) is 0.531. The van der Waals surface area contributed by atoms with Gasteiger partial charge in [-0.25, -0.2) is 0 Å². The van der Waals surface area contributed by atoms with Crippen molar-refractivity contribution in [3.05, 3.63) is 11.8 Å². The van der Waals surface area contributed by atoms with Crippen molar-refractivity contribution < 1.29 is 0 Å². The maximum atomic E-state index is 5.43. The lowest BCUT2D eigenvalue weighted by atomic mass is 10.1. The molecular formula is C7H12N2S. The molecule has 0 aliphatic carbocycles. The molecule has 1 heterocycles. The van der Waals surface area contributed by atoms with Crippen molar-refractivity contribution in [3.8, 4) is 0 Å². The number of hydrogen-bond acceptors (Lipinski definition) is 3. The molecule has 1 saturated heterocycles. The van der Waals surface area contributed by atoms with E-state index in [0.29, 0.717) is 5.25 Å². The van der Waals surface area contributed by atoms with Gasteiger partial charge in [-0.1, -0.05) is 0 Å². The third-order valence-electron chi connectivity index (χ3n) is 1.69. The van der Waals surface area contributed by atoms with E-state index in [1.54, 1.807) is 6.20 Å². The zero-order valence-corrected chi connectivity index (χ0v) is 7.11. The highest BCUT2D eigenvalue weighted by atomic mass is 32.2. The van der Waals surface area contributed by atoms with Gasteiger partial charge in [-0.05, 0) is 6.92 Å². The summed E-state index contributed by atoms with van der Waals surface area (Å²) in [6, 6.07) is 0. The van der Waals surface area contributed by atoms with Crippen LogP contribution in [0, 0.1) is 0 Å². The average Bonchev–Trinajstić information content (AvgIpc) is 2.30. The second-order valence-electron chi connectivity index (χ2n) is 2.25. The molecule has 0 bridgehead atoms. The van der Waals surface area contributed by atoms with Crippen molar-refractivity contribution in [2.75, 3.05) is 12.8 Å². The SMILES string of the molecule is CN=C1CS[C@H](C)C1=CN. The Morgan fingerprint density at radius 2 is 2.50 bits per heavy atom. The molecule has 1 atom stereocenters. The van der Waals surface area contributed by atoms with Crippen LogP contribution < -0.4 is 5.73 Å². The Kier molecular flexibility index (Phi) is 2.38. The molecule has 2 nitrogen and oxygen atoms in total. The minimum absolute atomic E-state index is 0.531. The summed E-state index contributed by atoms with van der Waals surface area (Å²) in [6.07, 6.45) is 1.67. The van der Waals surface area contributed by atoms with Gasteiger partial charge < -0.3 is 5.73 Å². The first-order valence-corrected chi connectivity index (χ1v) is 4.34. The minimum Gasteiger partial charge on any atom is -0.404 e. The summed E-state index contributed by atoms with van der Waals surface area (Å²) < 4.78 is 0. The standard InChI is InChI=1S/C7H12N2S/c1-5-6(3-8)7(9-2)4-10-5/h3,5H,4,8H2,1-2H3/t5-/m1/s1. The molecule has 3 heteroatoms. The largest absolute Gasteiger partial charge is 0.404 e. The second-order valence-corrected chi connectivity index (χ2v) is 3.57. The average molecular weight is 156 g/mol. The van der Waals surface area contributed by atoms with Crippen LogP contribution >= 0.6 is 11.8 Å². The monoisotopic (exact) mass is 156 g/mol. The molecule has 0 radical (unpaired) electrons. The zero-order valence-electron chi connectivity index (χ0n) is 6.29. The van der Waals surface area contributed by atoms with Gasteiger partial charge >= 0.3 is 0 Å². The molecular weight excluding hydrogens is 144 g/mol. The Balaban J connectivity index is 2.84. The number of hydrogen-bond donors (Lipinski definition) is 1. The van der Waals surface area contributed by atoms with Gasteiger partial charge in [0.05, 0.1) is 5.71 Å². The molecule has 0 aromatic carbocycles. The summed E-state index contributed by atoms with van der Waals surface area (Å²) in [7, 11) is 1.82. The molecule has 0 spiro atoms. The number of thioether (sulfide) groups is 1. The summed E-state index contributed by atoms with van der Waals surface area (Å²) in [5.41, 5.74) is 7.79. The molecule has 0 saturated carbocycles. The summed E-state index contributed by atoms with van der Waals surface area (Å²) >= 11 is 1.88. The number of nitrogens with zero attached hydrogens (tertiary/aromatic N) is 1. The van der Waals surface area contributed by atoms with Gasteiger partial charge in [-0.2, -0.15) is 0 Å². The lowest BCUT2D eigenvalue weighted by Gasteiger charge is -2.00. The smallest absolute Gasteiger partial charge is 0.0501 e. The fourth-order valence-corrected chi connectivity index (χ4v) is 2.13. The highest BCUT2D eigenvalue weighted by Crippen LogP contribution is 2.28. The van der Waals surface area contributed by atoms with Crippen LogP contribution in [0.2, 0.25) is 0 Å². The van der Waals surface area contributed by atoms with Gasteiger partial charge in [0.2, 0.25) is 0 Å². The predicted octanol–water partition coefficient (Wildman–Crippen LogP) is 1.04. The number of rotatable bonds is 0. The zero-order chi connectivity index (χ0) is 7.56. The maximum absolute atomic E-state index is 5.43. The third kappa shape index (κ3) is 1.19. The molecule has 2 N–H and O–H groups in total. The lowest BCUT2D eigenvalue weighted by molar-refractivity contribution is 1.19. The molecule has 56 valence electrons. The Morgan fingerprint density at radius 1 is 1.80 bits per heavy atom. The van der Waals surface area contributed by atoms with Gasteiger partial charge in [0.1, 0.15) is 0 Å². The van der Waals surface area contributed by atoms with Crippen molar-refractivity contribution in [1.82, 2.24) is 0 Å². The van der Waals surface area contributed by atoms with Crippen LogP contribution in [0.1, 0.15) is 6.92 Å². The van der Waals surface area contributed by atoms with Crippen LogP contribution in [0.25, 0.3) is 0 Å². The van der Waals surface area contributed by atoms with Crippen LogP contribution in [0.4, 0.5) is 0 Å². The van der Waals surface area contributed by atoms with Gasteiger partial charge in [0.25, 0.3) is 0 Å². The maximum Gasteiger partial charge on any atom is 0.0501 e. The molecule has 1 fully saturated rings. The van der Waals surface area contributed by atoms with Crippen LogP contribution in [-0.2, 0) is 0 Å². The molecule has 1 aliphatic rings. The van der Waals surface area contributed by atoms with Gasteiger partial charge in [0.15, 0.2) is 0 Å². The first-order chi connectivity index (χ1) is 4.79. The molecule has 0 unspecified atom stereocenters. The van der Waals surface area contributed by atoms with E-state index in [2.05, 4.69) is 11.9 Å². The Bertz CT molecular complexity index is 184. The second kappa shape index (κ2) is 3.10. The van der Waals surface area contributed by atoms with Crippen LogP contribution in [0.15, 0.2) is 16.8 Å². The van der Waals surface area contributed by atoms with E-state index in [1.807, 2.05) is 18.8 Å². The molecule has 0 amide bonds. The van der Waals surface area contributed by atoms with Crippen molar-refractivity contribution in [2.24, 2.45) is 10.7 Å². The van der Waals surface area contributed by atoms with E-state index in [-0.39, 0.29) is 0 Å². The first-order valence-electron chi connectivity index (χ1n) is 3.29. The summed E-state index contributed by atoms with van der Waals surface area (Å²) in [6.45, 7) is 2.15. The number of aliphatic imine (C=N–C) groups is 1. The van der Waals surface area contributed by atoms with Gasteiger partial charge in [-0.15, -0.1) is 11.8 Å². The highest BCUT2D eigenvalue weighted by molar-refractivity contribution is 8.01. The molecule has 0 aromatic rings. The highest BCUT2D eigenvalue weighted by Gasteiger charge is 2.22. The molecule has 0 aromatic heterocycles. The molecule has 1 aliphatic heterocycles. The number of nitrogens with two attached hydrogens (primary N) is 1. The van der Waals surface area contributed by atoms with Crippen molar-refractivity contribution in [3.63, 3.8) is 0 Å². The minimum atomic E-state index is 0.531. The van der Waals surface area contributed by atoms with Crippen LogP contribution in [-0.4, -0.2) is 23.8 Å². The lowest BCUT2D eigenvalue weighted by Crippen LogP contribution is -2.05.